The average molecular weight is 254 g/mol. The maximum atomic E-state index is 11.5. The van der Waals surface area contributed by atoms with Gasteiger partial charge in [0.15, 0.2) is 11.6 Å². The van der Waals surface area contributed by atoms with Crippen LogP contribution in [0.25, 0.3) is 0 Å². The van der Waals surface area contributed by atoms with E-state index in [1.165, 1.54) is 20.5 Å². The summed E-state index contributed by atoms with van der Waals surface area (Å²) in [7, 11) is 2.83. The van der Waals surface area contributed by atoms with Gasteiger partial charge >= 0.3 is 5.97 Å². The van der Waals surface area contributed by atoms with Gasteiger partial charge in [-0.3, -0.25) is 4.79 Å². The summed E-state index contributed by atoms with van der Waals surface area (Å²) in [6, 6.07) is 0. The standard InChI is InChI=1S/C11H18N4O3/c1-11(2,10(16)18-4)5-13-9-7(17-3)8(12)14-6-15-9/h6H,5H2,1-4H3,(H3,12,13,14,15). The fraction of sp³-hybridized carbons (Fsp3) is 0.545. The summed E-state index contributed by atoms with van der Waals surface area (Å²) in [4.78, 5) is 19.4. The van der Waals surface area contributed by atoms with Crippen molar-refractivity contribution in [3.8, 4) is 5.75 Å². The minimum absolute atomic E-state index is 0.242. The lowest BCUT2D eigenvalue weighted by atomic mass is 9.94. The lowest BCUT2D eigenvalue weighted by Gasteiger charge is -2.22. The number of hydrogen-bond acceptors (Lipinski definition) is 7. The molecule has 0 fully saturated rings. The first kappa shape index (κ1) is 14.0. The van der Waals surface area contributed by atoms with Gasteiger partial charge in [0.05, 0.1) is 19.6 Å². The van der Waals surface area contributed by atoms with Crippen LogP contribution in [-0.2, 0) is 9.53 Å². The number of nitrogens with two attached hydrogens (primary N) is 1. The number of anilines is 2. The molecule has 0 amide bonds. The highest BCUT2D eigenvalue weighted by molar-refractivity contribution is 5.76. The van der Waals surface area contributed by atoms with Gasteiger partial charge in [0, 0.05) is 6.54 Å². The van der Waals surface area contributed by atoms with Crippen molar-refractivity contribution in [3.63, 3.8) is 0 Å². The smallest absolute Gasteiger partial charge is 0.313 e. The monoisotopic (exact) mass is 254 g/mol. The van der Waals surface area contributed by atoms with E-state index in [1.54, 1.807) is 13.8 Å². The molecule has 0 atom stereocenters. The van der Waals surface area contributed by atoms with Gasteiger partial charge in [-0.05, 0) is 13.8 Å². The van der Waals surface area contributed by atoms with E-state index in [9.17, 15) is 4.79 Å². The molecule has 18 heavy (non-hydrogen) atoms. The van der Waals surface area contributed by atoms with Crippen LogP contribution in [0.2, 0.25) is 0 Å². The van der Waals surface area contributed by atoms with E-state index in [-0.39, 0.29) is 11.8 Å². The summed E-state index contributed by atoms with van der Waals surface area (Å²) >= 11 is 0. The zero-order chi connectivity index (χ0) is 13.8. The van der Waals surface area contributed by atoms with Crippen LogP contribution in [0.15, 0.2) is 6.33 Å². The predicted octanol–water partition coefficient (Wildman–Crippen LogP) is 0.678. The van der Waals surface area contributed by atoms with Gasteiger partial charge in [-0.15, -0.1) is 0 Å². The van der Waals surface area contributed by atoms with Crippen LogP contribution in [-0.4, -0.2) is 36.7 Å². The van der Waals surface area contributed by atoms with E-state index >= 15 is 0 Å². The first-order chi connectivity index (χ1) is 8.42. The zero-order valence-electron chi connectivity index (χ0n) is 11.0. The summed E-state index contributed by atoms with van der Waals surface area (Å²) in [6.07, 6.45) is 1.32. The normalized spacial score (nSPS) is 10.9. The first-order valence-electron chi connectivity index (χ1n) is 5.39. The number of aromatic nitrogens is 2. The lowest BCUT2D eigenvalue weighted by molar-refractivity contribution is -0.149. The van der Waals surface area contributed by atoms with Crippen LogP contribution < -0.4 is 15.8 Å². The predicted molar refractivity (Wildman–Crippen MR) is 67.3 cm³/mol. The van der Waals surface area contributed by atoms with Gasteiger partial charge in [0.2, 0.25) is 5.75 Å². The number of esters is 1. The molecule has 100 valence electrons. The quantitative estimate of drug-likeness (QED) is 0.745. The summed E-state index contributed by atoms with van der Waals surface area (Å²) in [5.74, 6) is 0.738. The van der Waals surface area contributed by atoms with E-state index in [1.807, 2.05) is 0 Å². The van der Waals surface area contributed by atoms with Gasteiger partial charge in [-0.1, -0.05) is 0 Å². The second-order valence-electron chi connectivity index (χ2n) is 4.37. The second kappa shape index (κ2) is 5.52. The molecule has 0 aliphatic heterocycles. The molecule has 7 heteroatoms. The molecule has 1 rings (SSSR count). The third-order valence-electron chi connectivity index (χ3n) is 2.47. The Balaban J connectivity index is 2.81. The number of carbonyl (C=O) groups excluding carboxylic acids is 1. The fourth-order valence-electron chi connectivity index (χ4n) is 1.37. The molecular formula is C11H18N4O3. The van der Waals surface area contributed by atoms with Gasteiger partial charge < -0.3 is 20.5 Å². The molecule has 0 aliphatic carbocycles. The minimum atomic E-state index is -0.681. The molecule has 1 aromatic heterocycles. The van der Waals surface area contributed by atoms with Crippen LogP contribution in [0, 0.1) is 5.41 Å². The molecule has 1 heterocycles. The molecule has 0 spiro atoms. The van der Waals surface area contributed by atoms with E-state index < -0.39 is 5.41 Å². The molecule has 7 nitrogen and oxygen atoms in total. The van der Waals surface area contributed by atoms with Crippen molar-refractivity contribution >= 4 is 17.6 Å². The van der Waals surface area contributed by atoms with E-state index in [2.05, 4.69) is 15.3 Å². The Morgan fingerprint density at radius 3 is 2.67 bits per heavy atom. The Bertz CT molecular complexity index is 434. The summed E-state index contributed by atoms with van der Waals surface area (Å²) < 4.78 is 9.82. The molecule has 3 N–H and O–H groups in total. The third kappa shape index (κ3) is 2.99. The molecular weight excluding hydrogens is 236 g/mol. The Labute approximate surface area is 106 Å². The topological polar surface area (TPSA) is 99.4 Å². The van der Waals surface area contributed by atoms with Crippen molar-refractivity contribution in [2.75, 3.05) is 31.8 Å². The number of hydrogen-bond donors (Lipinski definition) is 2. The number of carbonyl (C=O) groups is 1. The van der Waals surface area contributed by atoms with Gasteiger partial charge in [-0.2, -0.15) is 0 Å². The lowest BCUT2D eigenvalue weighted by Crippen LogP contribution is -2.33. The second-order valence-corrected chi connectivity index (χ2v) is 4.37. The van der Waals surface area contributed by atoms with Crippen LogP contribution in [0.4, 0.5) is 11.6 Å². The van der Waals surface area contributed by atoms with Crippen molar-refractivity contribution in [2.45, 2.75) is 13.8 Å². The highest BCUT2D eigenvalue weighted by Gasteiger charge is 2.29. The first-order valence-corrected chi connectivity index (χ1v) is 5.39. The molecule has 0 saturated carbocycles. The third-order valence-corrected chi connectivity index (χ3v) is 2.47. The van der Waals surface area contributed by atoms with E-state index in [4.69, 9.17) is 15.2 Å². The van der Waals surface area contributed by atoms with Crippen LogP contribution >= 0.6 is 0 Å². The molecule has 0 saturated heterocycles. The average Bonchev–Trinajstić information content (AvgIpc) is 2.35. The van der Waals surface area contributed by atoms with Crippen molar-refractivity contribution in [1.29, 1.82) is 0 Å². The molecule has 0 radical (unpaired) electrons. The van der Waals surface area contributed by atoms with Crippen molar-refractivity contribution in [3.05, 3.63) is 6.33 Å². The largest absolute Gasteiger partial charge is 0.490 e. The Hall–Kier alpha value is -2.05. The maximum absolute atomic E-state index is 11.5. The highest BCUT2D eigenvalue weighted by atomic mass is 16.5. The van der Waals surface area contributed by atoms with E-state index in [0.717, 1.165) is 0 Å². The van der Waals surface area contributed by atoms with Gasteiger partial charge in [0.25, 0.3) is 0 Å². The number of nitrogens with zero attached hydrogens (tertiary/aromatic N) is 2. The number of rotatable bonds is 5. The molecule has 0 bridgehead atoms. The molecule has 0 aliphatic rings. The number of nitrogen functional groups attached to an aromatic ring is 1. The zero-order valence-corrected chi connectivity index (χ0v) is 11.0. The van der Waals surface area contributed by atoms with Gasteiger partial charge in [-0.25, -0.2) is 9.97 Å². The Morgan fingerprint density at radius 1 is 1.44 bits per heavy atom. The van der Waals surface area contributed by atoms with Gasteiger partial charge in [0.1, 0.15) is 6.33 Å². The molecule has 0 aromatic carbocycles. The molecule has 0 unspecified atom stereocenters. The maximum Gasteiger partial charge on any atom is 0.313 e. The van der Waals surface area contributed by atoms with Crippen LogP contribution in [0.1, 0.15) is 13.8 Å². The summed E-state index contributed by atoms with van der Waals surface area (Å²) in [6.45, 7) is 3.87. The van der Waals surface area contributed by atoms with Crippen molar-refractivity contribution in [1.82, 2.24) is 9.97 Å². The number of ether oxygens (including phenoxy) is 2. The molecule has 1 aromatic rings. The van der Waals surface area contributed by atoms with E-state index in [0.29, 0.717) is 18.1 Å². The Morgan fingerprint density at radius 2 is 2.11 bits per heavy atom. The SMILES string of the molecule is COC(=O)C(C)(C)CNc1ncnc(N)c1OC. The van der Waals surface area contributed by atoms with Crippen LogP contribution in [0.5, 0.6) is 5.75 Å². The summed E-state index contributed by atoms with van der Waals surface area (Å²) in [5, 5.41) is 3.00. The fourth-order valence-corrected chi connectivity index (χ4v) is 1.37. The summed E-state index contributed by atoms with van der Waals surface area (Å²) in [5.41, 5.74) is 4.97. The Kier molecular flexibility index (Phi) is 4.30. The van der Waals surface area contributed by atoms with Crippen molar-refractivity contribution < 1.29 is 14.3 Å². The minimum Gasteiger partial charge on any atom is -0.490 e. The number of nitrogens with one attached hydrogen (secondary N) is 1. The van der Waals surface area contributed by atoms with Crippen LogP contribution in [0.3, 0.4) is 0 Å². The number of methoxy groups -OCH3 is 2. The van der Waals surface area contributed by atoms with Crippen molar-refractivity contribution in [2.24, 2.45) is 5.41 Å². The highest BCUT2D eigenvalue weighted by Crippen LogP contribution is 2.27.